The summed E-state index contributed by atoms with van der Waals surface area (Å²) in [6, 6.07) is 0. The molecule has 1 rings (SSSR count). The van der Waals surface area contributed by atoms with Gasteiger partial charge in [-0.1, -0.05) is 0 Å². The molecule has 0 aromatic heterocycles. The normalized spacial score (nSPS) is 22.9. The highest BCUT2D eigenvalue weighted by atomic mass is 32.2. The second kappa shape index (κ2) is 6.42. The first kappa shape index (κ1) is 12.9. The first-order chi connectivity index (χ1) is 7.14. The lowest BCUT2D eigenvalue weighted by atomic mass is 10.0. The minimum Gasteiger partial charge on any atom is -0.381 e. The van der Waals surface area contributed by atoms with Crippen LogP contribution in [0.3, 0.4) is 0 Å². The highest BCUT2D eigenvalue weighted by molar-refractivity contribution is 7.89. The minimum atomic E-state index is -3.07. The van der Waals surface area contributed by atoms with Gasteiger partial charge in [0, 0.05) is 19.7 Å². The van der Waals surface area contributed by atoms with Gasteiger partial charge >= 0.3 is 0 Å². The second-order valence-corrected chi connectivity index (χ2v) is 5.86. The molecule has 90 valence electrons. The lowest BCUT2D eigenvalue weighted by Gasteiger charge is -2.22. The molecule has 1 unspecified atom stereocenters. The Hall–Kier alpha value is -0.170. The predicted molar refractivity (Wildman–Crippen MR) is 59.3 cm³/mol. The molecular weight excluding hydrogens is 216 g/mol. The zero-order chi connectivity index (χ0) is 11.1. The number of hydrogen-bond acceptors (Lipinski definition) is 4. The average Bonchev–Trinajstić information content (AvgIpc) is 2.26. The molecule has 1 heterocycles. The van der Waals surface area contributed by atoms with Crippen molar-refractivity contribution in [2.45, 2.75) is 12.8 Å². The third-order valence-electron chi connectivity index (χ3n) is 2.55. The summed E-state index contributed by atoms with van der Waals surface area (Å²) in [7, 11) is -1.63. The van der Waals surface area contributed by atoms with Crippen LogP contribution in [0.15, 0.2) is 0 Å². The standard InChI is InChI=1S/C9H20N2O3S/c1-10-15(12,13)6-4-11-7-9-3-2-5-14-8-9/h9-11H,2-8H2,1H3. The number of ether oxygens (including phenoxy) is 1. The Kier molecular flexibility index (Phi) is 5.52. The van der Waals surface area contributed by atoms with E-state index in [1.165, 1.54) is 13.5 Å². The first-order valence-corrected chi connectivity index (χ1v) is 6.99. The number of sulfonamides is 1. The zero-order valence-corrected chi connectivity index (χ0v) is 9.98. The van der Waals surface area contributed by atoms with Gasteiger partial charge in [-0.15, -0.1) is 0 Å². The lowest BCUT2D eigenvalue weighted by Crippen LogP contribution is -2.34. The highest BCUT2D eigenvalue weighted by Crippen LogP contribution is 2.11. The molecular formula is C9H20N2O3S. The van der Waals surface area contributed by atoms with Crippen molar-refractivity contribution in [1.82, 2.24) is 10.0 Å². The Morgan fingerprint density at radius 2 is 2.27 bits per heavy atom. The van der Waals surface area contributed by atoms with Crippen molar-refractivity contribution < 1.29 is 13.2 Å². The molecule has 1 atom stereocenters. The van der Waals surface area contributed by atoms with E-state index >= 15 is 0 Å². The van der Waals surface area contributed by atoms with Crippen molar-refractivity contribution in [3.63, 3.8) is 0 Å². The predicted octanol–water partition coefficient (Wildman–Crippen LogP) is -0.448. The van der Waals surface area contributed by atoms with Crippen molar-refractivity contribution in [2.24, 2.45) is 5.92 Å². The van der Waals surface area contributed by atoms with E-state index in [9.17, 15) is 8.42 Å². The summed E-state index contributed by atoms with van der Waals surface area (Å²) in [5.74, 6) is 0.674. The Labute approximate surface area is 91.6 Å². The van der Waals surface area contributed by atoms with Gasteiger partial charge in [-0.25, -0.2) is 13.1 Å². The zero-order valence-electron chi connectivity index (χ0n) is 9.16. The fourth-order valence-corrected chi connectivity index (χ4v) is 2.20. The van der Waals surface area contributed by atoms with Gasteiger partial charge in [-0.3, -0.25) is 0 Å². The van der Waals surface area contributed by atoms with Crippen LogP contribution < -0.4 is 10.0 Å². The third-order valence-corrected chi connectivity index (χ3v) is 3.91. The number of nitrogens with one attached hydrogen (secondary N) is 2. The Balaban J connectivity index is 2.06. The smallest absolute Gasteiger partial charge is 0.212 e. The molecule has 0 aromatic carbocycles. The summed E-state index contributed by atoms with van der Waals surface area (Å²) in [5, 5.41) is 3.15. The van der Waals surface area contributed by atoms with E-state index in [0.717, 1.165) is 26.2 Å². The van der Waals surface area contributed by atoms with Gasteiger partial charge in [0.25, 0.3) is 0 Å². The van der Waals surface area contributed by atoms with Crippen LogP contribution in [0.25, 0.3) is 0 Å². The van der Waals surface area contributed by atoms with E-state index < -0.39 is 10.0 Å². The van der Waals surface area contributed by atoms with E-state index in [-0.39, 0.29) is 5.75 Å². The van der Waals surface area contributed by atoms with Crippen LogP contribution in [-0.2, 0) is 14.8 Å². The summed E-state index contributed by atoms with van der Waals surface area (Å²) in [6.07, 6.45) is 2.28. The molecule has 0 spiro atoms. The first-order valence-electron chi connectivity index (χ1n) is 5.34. The molecule has 0 aliphatic carbocycles. The average molecular weight is 236 g/mol. The van der Waals surface area contributed by atoms with Crippen molar-refractivity contribution in [3.05, 3.63) is 0 Å². The van der Waals surface area contributed by atoms with Crippen LogP contribution in [0.5, 0.6) is 0 Å². The monoisotopic (exact) mass is 236 g/mol. The summed E-state index contributed by atoms with van der Waals surface area (Å²) in [6.45, 7) is 3.01. The molecule has 5 nitrogen and oxygen atoms in total. The number of rotatable bonds is 6. The SMILES string of the molecule is CNS(=O)(=O)CCNCC1CCCOC1. The molecule has 0 radical (unpaired) electrons. The molecule has 15 heavy (non-hydrogen) atoms. The summed E-state index contributed by atoms with van der Waals surface area (Å²) >= 11 is 0. The minimum absolute atomic E-state index is 0.136. The number of hydrogen-bond donors (Lipinski definition) is 2. The van der Waals surface area contributed by atoms with Gasteiger partial charge in [-0.05, 0) is 25.8 Å². The van der Waals surface area contributed by atoms with E-state index in [4.69, 9.17) is 4.74 Å². The fourth-order valence-electron chi connectivity index (χ4n) is 1.58. The fraction of sp³-hybridized carbons (Fsp3) is 1.00. The summed E-state index contributed by atoms with van der Waals surface area (Å²) in [4.78, 5) is 0. The quantitative estimate of drug-likeness (QED) is 0.613. The Morgan fingerprint density at radius 1 is 1.47 bits per heavy atom. The highest BCUT2D eigenvalue weighted by Gasteiger charge is 2.13. The van der Waals surface area contributed by atoms with Crippen LogP contribution in [0.2, 0.25) is 0 Å². The molecule has 1 fully saturated rings. The maximum atomic E-state index is 11.1. The molecule has 1 saturated heterocycles. The van der Waals surface area contributed by atoms with Crippen molar-refractivity contribution in [1.29, 1.82) is 0 Å². The Bertz CT molecular complexity index is 261. The van der Waals surface area contributed by atoms with E-state index in [0.29, 0.717) is 12.5 Å². The molecule has 0 bridgehead atoms. The van der Waals surface area contributed by atoms with Gasteiger partial charge in [0.1, 0.15) is 0 Å². The molecule has 2 N–H and O–H groups in total. The van der Waals surface area contributed by atoms with E-state index in [2.05, 4.69) is 10.0 Å². The molecule has 6 heteroatoms. The largest absolute Gasteiger partial charge is 0.381 e. The molecule has 1 aliphatic heterocycles. The van der Waals surface area contributed by atoms with E-state index in [1.807, 2.05) is 0 Å². The van der Waals surface area contributed by atoms with Crippen LogP contribution >= 0.6 is 0 Å². The van der Waals surface area contributed by atoms with Crippen LogP contribution in [0.1, 0.15) is 12.8 Å². The van der Waals surface area contributed by atoms with Gasteiger partial charge in [-0.2, -0.15) is 0 Å². The summed E-state index contributed by atoms with van der Waals surface area (Å²) in [5.41, 5.74) is 0. The molecule has 1 aliphatic rings. The van der Waals surface area contributed by atoms with E-state index in [1.54, 1.807) is 0 Å². The second-order valence-electron chi connectivity index (χ2n) is 3.81. The van der Waals surface area contributed by atoms with Gasteiger partial charge in [0.05, 0.1) is 12.4 Å². The van der Waals surface area contributed by atoms with Crippen molar-refractivity contribution in [2.75, 3.05) is 39.1 Å². The third kappa shape index (κ3) is 5.46. The topological polar surface area (TPSA) is 67.4 Å². The van der Waals surface area contributed by atoms with Crippen molar-refractivity contribution in [3.8, 4) is 0 Å². The molecule has 0 saturated carbocycles. The maximum Gasteiger partial charge on any atom is 0.212 e. The van der Waals surface area contributed by atoms with Gasteiger partial charge < -0.3 is 10.1 Å². The molecule has 0 amide bonds. The van der Waals surface area contributed by atoms with Crippen molar-refractivity contribution >= 4 is 10.0 Å². The van der Waals surface area contributed by atoms with Gasteiger partial charge in [0.15, 0.2) is 0 Å². The van der Waals surface area contributed by atoms with Crippen LogP contribution in [-0.4, -0.2) is 47.5 Å². The van der Waals surface area contributed by atoms with Crippen LogP contribution in [0.4, 0.5) is 0 Å². The lowest BCUT2D eigenvalue weighted by molar-refractivity contribution is 0.0551. The van der Waals surface area contributed by atoms with Crippen LogP contribution in [0, 0.1) is 5.92 Å². The summed E-state index contributed by atoms with van der Waals surface area (Å²) < 4.78 is 29.8. The Morgan fingerprint density at radius 3 is 2.87 bits per heavy atom. The molecule has 0 aromatic rings. The maximum absolute atomic E-state index is 11.1. The van der Waals surface area contributed by atoms with Gasteiger partial charge in [0.2, 0.25) is 10.0 Å².